The van der Waals surface area contributed by atoms with Gasteiger partial charge >= 0.3 is 0 Å². The van der Waals surface area contributed by atoms with Gasteiger partial charge in [0, 0.05) is 30.0 Å². The standard InChI is InChI=1S/C21H23ClN2O3/c1-3-21(25)24(13-15-7-6-8-16(22)11-15)14-17-12-19(23-27-17)18-9-4-5-10-20(18)26-2/h4-11,17H,3,12-14H2,1-2H3/t17-/m0/s1. The summed E-state index contributed by atoms with van der Waals surface area (Å²) in [5.41, 5.74) is 2.75. The highest BCUT2D eigenvalue weighted by Crippen LogP contribution is 2.25. The van der Waals surface area contributed by atoms with Crippen molar-refractivity contribution < 1.29 is 14.4 Å². The Hall–Kier alpha value is -2.53. The molecule has 1 aliphatic rings. The number of halogens is 1. The summed E-state index contributed by atoms with van der Waals surface area (Å²) >= 11 is 6.07. The Morgan fingerprint density at radius 3 is 2.85 bits per heavy atom. The second kappa shape index (κ2) is 8.91. The van der Waals surface area contributed by atoms with E-state index in [1.54, 1.807) is 12.0 Å². The highest BCUT2D eigenvalue weighted by Gasteiger charge is 2.27. The van der Waals surface area contributed by atoms with E-state index >= 15 is 0 Å². The predicted molar refractivity (Wildman–Crippen MR) is 106 cm³/mol. The van der Waals surface area contributed by atoms with Crippen molar-refractivity contribution >= 4 is 23.2 Å². The van der Waals surface area contributed by atoms with Gasteiger partial charge in [0.05, 0.1) is 19.4 Å². The number of rotatable bonds is 7. The van der Waals surface area contributed by atoms with Crippen molar-refractivity contribution in [3.63, 3.8) is 0 Å². The van der Waals surface area contributed by atoms with E-state index in [1.165, 1.54) is 0 Å². The third-order valence-corrected chi connectivity index (χ3v) is 4.73. The first-order chi connectivity index (χ1) is 13.1. The van der Waals surface area contributed by atoms with Crippen LogP contribution in [0, 0.1) is 0 Å². The Labute approximate surface area is 164 Å². The van der Waals surface area contributed by atoms with Crippen LogP contribution in [0.3, 0.4) is 0 Å². The minimum Gasteiger partial charge on any atom is -0.496 e. The van der Waals surface area contributed by atoms with Crippen molar-refractivity contribution in [2.45, 2.75) is 32.4 Å². The van der Waals surface area contributed by atoms with Crippen molar-refractivity contribution in [3.05, 3.63) is 64.7 Å². The second-order valence-electron chi connectivity index (χ2n) is 6.43. The third kappa shape index (κ3) is 4.80. The van der Waals surface area contributed by atoms with Gasteiger partial charge in [0.2, 0.25) is 5.91 Å². The Morgan fingerprint density at radius 1 is 1.30 bits per heavy atom. The quantitative estimate of drug-likeness (QED) is 0.713. The van der Waals surface area contributed by atoms with E-state index in [-0.39, 0.29) is 12.0 Å². The van der Waals surface area contributed by atoms with Crippen LogP contribution in [0.5, 0.6) is 5.75 Å². The molecule has 0 bridgehead atoms. The van der Waals surface area contributed by atoms with Crippen LogP contribution in [0.15, 0.2) is 53.7 Å². The Morgan fingerprint density at radius 2 is 2.11 bits per heavy atom. The maximum atomic E-state index is 12.4. The van der Waals surface area contributed by atoms with E-state index in [2.05, 4.69) is 5.16 Å². The lowest BCUT2D eigenvalue weighted by Gasteiger charge is -2.24. The van der Waals surface area contributed by atoms with Crippen LogP contribution >= 0.6 is 11.6 Å². The molecule has 1 aliphatic heterocycles. The molecule has 1 heterocycles. The number of benzene rings is 2. The monoisotopic (exact) mass is 386 g/mol. The minimum absolute atomic E-state index is 0.0734. The van der Waals surface area contributed by atoms with Crippen LogP contribution in [0.4, 0.5) is 0 Å². The van der Waals surface area contributed by atoms with Crippen LogP contribution in [-0.4, -0.2) is 36.3 Å². The van der Waals surface area contributed by atoms with Crippen LogP contribution in [0.1, 0.15) is 30.9 Å². The van der Waals surface area contributed by atoms with E-state index in [0.717, 1.165) is 22.6 Å². The number of carbonyl (C=O) groups excluding carboxylic acids is 1. The van der Waals surface area contributed by atoms with E-state index < -0.39 is 0 Å². The van der Waals surface area contributed by atoms with E-state index in [9.17, 15) is 4.79 Å². The van der Waals surface area contributed by atoms with Gasteiger partial charge in [0.1, 0.15) is 5.75 Å². The molecule has 0 fully saturated rings. The molecule has 1 atom stereocenters. The molecular weight excluding hydrogens is 364 g/mol. The summed E-state index contributed by atoms with van der Waals surface area (Å²) in [5.74, 6) is 0.838. The molecule has 2 aromatic rings. The average molecular weight is 387 g/mol. The largest absolute Gasteiger partial charge is 0.496 e. The summed E-state index contributed by atoms with van der Waals surface area (Å²) < 4.78 is 5.41. The van der Waals surface area contributed by atoms with Crippen molar-refractivity contribution in [2.24, 2.45) is 5.16 Å². The van der Waals surface area contributed by atoms with Gasteiger partial charge in [-0.1, -0.05) is 47.9 Å². The minimum atomic E-state index is -0.181. The predicted octanol–water partition coefficient (Wildman–Crippen LogP) is 4.28. The molecular formula is C21H23ClN2O3. The van der Waals surface area contributed by atoms with Gasteiger partial charge in [-0.2, -0.15) is 0 Å². The SMILES string of the molecule is CCC(=O)N(Cc1cccc(Cl)c1)C[C@@H]1CC(c2ccccc2OC)=NO1. The van der Waals surface area contributed by atoms with Gasteiger partial charge in [-0.05, 0) is 29.8 Å². The zero-order valence-electron chi connectivity index (χ0n) is 15.5. The second-order valence-corrected chi connectivity index (χ2v) is 6.86. The molecule has 2 aromatic carbocycles. The number of hydrogen-bond acceptors (Lipinski definition) is 4. The molecule has 5 nitrogen and oxygen atoms in total. The summed E-state index contributed by atoms with van der Waals surface area (Å²) in [4.78, 5) is 19.8. The third-order valence-electron chi connectivity index (χ3n) is 4.49. The molecule has 0 saturated carbocycles. The Balaban J connectivity index is 1.68. The molecule has 0 N–H and O–H groups in total. The van der Waals surface area contributed by atoms with Gasteiger partial charge in [-0.3, -0.25) is 4.79 Å². The van der Waals surface area contributed by atoms with Crippen molar-refractivity contribution in [2.75, 3.05) is 13.7 Å². The lowest BCUT2D eigenvalue weighted by molar-refractivity contribution is -0.133. The lowest BCUT2D eigenvalue weighted by Crippen LogP contribution is -2.36. The first-order valence-electron chi connectivity index (χ1n) is 8.99. The zero-order valence-corrected chi connectivity index (χ0v) is 16.3. The topological polar surface area (TPSA) is 51.1 Å². The average Bonchev–Trinajstić information content (AvgIpc) is 3.15. The molecule has 142 valence electrons. The molecule has 3 rings (SSSR count). The molecule has 6 heteroatoms. The van der Waals surface area contributed by atoms with Gasteiger partial charge < -0.3 is 14.5 Å². The molecule has 0 radical (unpaired) electrons. The fraction of sp³-hybridized carbons (Fsp3) is 0.333. The number of carbonyl (C=O) groups is 1. The zero-order chi connectivity index (χ0) is 19.2. The number of oxime groups is 1. The summed E-state index contributed by atoms with van der Waals surface area (Å²) in [6.07, 6.45) is 0.885. The van der Waals surface area contributed by atoms with Gasteiger partial charge in [-0.25, -0.2) is 0 Å². The molecule has 0 aromatic heterocycles. The smallest absolute Gasteiger partial charge is 0.222 e. The number of methoxy groups -OCH3 is 1. The molecule has 0 unspecified atom stereocenters. The molecule has 1 amide bonds. The summed E-state index contributed by atoms with van der Waals surface area (Å²) in [5, 5.41) is 4.90. The van der Waals surface area contributed by atoms with Gasteiger partial charge in [0.15, 0.2) is 6.10 Å². The van der Waals surface area contributed by atoms with E-state index in [4.69, 9.17) is 21.2 Å². The van der Waals surface area contributed by atoms with E-state index in [1.807, 2.05) is 55.5 Å². The van der Waals surface area contributed by atoms with Crippen LogP contribution in [0.25, 0.3) is 0 Å². The molecule has 0 spiro atoms. The number of hydrogen-bond donors (Lipinski definition) is 0. The molecule has 27 heavy (non-hydrogen) atoms. The van der Waals surface area contributed by atoms with Crippen LogP contribution < -0.4 is 4.74 Å². The number of para-hydroxylation sites is 1. The molecule has 0 saturated heterocycles. The maximum Gasteiger partial charge on any atom is 0.222 e. The van der Waals surface area contributed by atoms with Gasteiger partial charge in [-0.15, -0.1) is 0 Å². The highest BCUT2D eigenvalue weighted by atomic mass is 35.5. The normalized spacial score (nSPS) is 15.8. The number of amides is 1. The van der Waals surface area contributed by atoms with Crippen molar-refractivity contribution in [1.29, 1.82) is 0 Å². The Bertz CT molecular complexity index is 838. The fourth-order valence-corrected chi connectivity index (χ4v) is 3.36. The van der Waals surface area contributed by atoms with Crippen LogP contribution in [0.2, 0.25) is 5.02 Å². The number of ether oxygens (including phenoxy) is 1. The van der Waals surface area contributed by atoms with Gasteiger partial charge in [0.25, 0.3) is 0 Å². The Kier molecular flexibility index (Phi) is 6.35. The van der Waals surface area contributed by atoms with Crippen molar-refractivity contribution in [3.8, 4) is 5.75 Å². The van der Waals surface area contributed by atoms with Crippen molar-refractivity contribution in [1.82, 2.24) is 4.90 Å². The summed E-state index contributed by atoms with van der Waals surface area (Å²) in [7, 11) is 1.64. The molecule has 0 aliphatic carbocycles. The maximum absolute atomic E-state index is 12.4. The van der Waals surface area contributed by atoms with Crippen LogP contribution in [-0.2, 0) is 16.2 Å². The fourth-order valence-electron chi connectivity index (χ4n) is 3.15. The first kappa shape index (κ1) is 19.2. The summed E-state index contributed by atoms with van der Waals surface area (Å²) in [6.45, 7) is 2.83. The number of nitrogens with zero attached hydrogens (tertiary/aromatic N) is 2. The summed E-state index contributed by atoms with van der Waals surface area (Å²) in [6, 6.07) is 15.3. The highest BCUT2D eigenvalue weighted by molar-refractivity contribution is 6.30. The van der Waals surface area contributed by atoms with E-state index in [0.29, 0.717) is 31.0 Å². The lowest BCUT2D eigenvalue weighted by atomic mass is 10.0. The first-order valence-corrected chi connectivity index (χ1v) is 9.36.